The number of carbonyl (C=O) groups excluding carboxylic acids is 2. The number of esters is 1. The Morgan fingerprint density at radius 2 is 1.87 bits per heavy atom. The van der Waals surface area contributed by atoms with Crippen molar-refractivity contribution in [3.05, 3.63) is 52.2 Å². The molecule has 0 unspecified atom stereocenters. The van der Waals surface area contributed by atoms with Gasteiger partial charge in [-0.05, 0) is 31.9 Å². The second kappa shape index (κ2) is 7.27. The fraction of sp³-hybridized carbons (Fsp3) is 0.368. The van der Waals surface area contributed by atoms with E-state index in [2.05, 4.69) is 6.92 Å². The highest BCUT2D eigenvalue weighted by molar-refractivity contribution is 6.16. The van der Waals surface area contributed by atoms with Crippen LogP contribution in [0.15, 0.2) is 41.1 Å². The molecule has 0 saturated carbocycles. The summed E-state index contributed by atoms with van der Waals surface area (Å²) in [5, 5.41) is 0. The fourth-order valence-corrected chi connectivity index (χ4v) is 2.64. The van der Waals surface area contributed by atoms with E-state index in [9.17, 15) is 9.59 Å². The van der Waals surface area contributed by atoms with Crippen LogP contribution < -0.4 is 0 Å². The van der Waals surface area contributed by atoms with Crippen molar-refractivity contribution >= 4 is 18.0 Å². The van der Waals surface area contributed by atoms with E-state index < -0.39 is 5.97 Å². The number of ether oxygens (including phenoxy) is 1. The molecule has 1 aromatic rings. The van der Waals surface area contributed by atoms with Gasteiger partial charge < -0.3 is 9.64 Å². The quantitative estimate of drug-likeness (QED) is 0.618. The number of aryl methyl sites for hydroxylation is 1. The molecule has 4 heteroatoms. The van der Waals surface area contributed by atoms with Crippen LogP contribution in [0.5, 0.6) is 0 Å². The minimum absolute atomic E-state index is 0.128. The summed E-state index contributed by atoms with van der Waals surface area (Å²) in [5.74, 6) is -0.592. The van der Waals surface area contributed by atoms with Crippen molar-refractivity contribution in [2.45, 2.75) is 33.6 Å². The highest BCUT2D eigenvalue weighted by Crippen LogP contribution is 2.31. The van der Waals surface area contributed by atoms with Crippen molar-refractivity contribution in [1.82, 2.24) is 4.90 Å². The van der Waals surface area contributed by atoms with Crippen LogP contribution in [0.4, 0.5) is 0 Å². The molecule has 0 bridgehead atoms. The summed E-state index contributed by atoms with van der Waals surface area (Å²) in [5.41, 5.74) is 3.50. The topological polar surface area (TPSA) is 46.6 Å². The Morgan fingerprint density at radius 3 is 2.43 bits per heavy atom. The number of methoxy groups -OCH3 is 1. The molecule has 0 N–H and O–H groups in total. The molecule has 0 fully saturated rings. The number of allylic oxidation sites excluding steroid dienone is 1. The smallest absolute Gasteiger partial charge is 0.340 e. The van der Waals surface area contributed by atoms with Crippen LogP contribution >= 0.6 is 0 Å². The molecule has 1 heterocycles. The predicted octanol–water partition coefficient (Wildman–Crippen LogP) is 3.47. The molecule has 0 saturated heterocycles. The summed E-state index contributed by atoms with van der Waals surface area (Å²) in [7, 11) is 1.34. The van der Waals surface area contributed by atoms with Gasteiger partial charge in [0, 0.05) is 12.2 Å². The Hall–Kier alpha value is -2.36. The van der Waals surface area contributed by atoms with Gasteiger partial charge in [-0.1, -0.05) is 43.2 Å². The van der Waals surface area contributed by atoms with Crippen LogP contribution in [0.2, 0.25) is 0 Å². The van der Waals surface area contributed by atoms with E-state index in [1.807, 2.05) is 31.2 Å². The molecule has 0 atom stereocenters. The number of carbonyl (C=O) groups is 2. The average Bonchev–Trinajstić information content (AvgIpc) is 2.77. The minimum atomic E-state index is -0.465. The molecule has 0 aromatic heterocycles. The van der Waals surface area contributed by atoms with E-state index in [4.69, 9.17) is 4.74 Å². The first-order chi connectivity index (χ1) is 11.0. The molecule has 0 aliphatic carbocycles. The maximum Gasteiger partial charge on any atom is 0.340 e. The lowest BCUT2D eigenvalue weighted by atomic mass is 10.0. The van der Waals surface area contributed by atoms with Crippen molar-refractivity contribution in [2.75, 3.05) is 13.7 Å². The first kappa shape index (κ1) is 17.0. The van der Waals surface area contributed by atoms with Gasteiger partial charge in [-0.15, -0.1) is 0 Å². The summed E-state index contributed by atoms with van der Waals surface area (Å²) in [4.78, 5) is 26.6. The number of amides is 1. The maximum atomic E-state index is 12.7. The maximum absolute atomic E-state index is 12.7. The number of nitrogens with zero attached hydrogens (tertiary/aromatic N) is 1. The summed E-state index contributed by atoms with van der Waals surface area (Å²) in [6.45, 7) is 6.50. The number of rotatable bonds is 5. The lowest BCUT2D eigenvalue weighted by Gasteiger charge is -2.17. The normalized spacial score (nSPS) is 16.4. The molecule has 23 heavy (non-hydrogen) atoms. The monoisotopic (exact) mass is 313 g/mol. The van der Waals surface area contributed by atoms with Crippen LogP contribution in [0.1, 0.15) is 37.8 Å². The van der Waals surface area contributed by atoms with E-state index in [1.54, 1.807) is 17.9 Å². The molecule has 2 rings (SSSR count). The first-order valence-corrected chi connectivity index (χ1v) is 7.89. The second-order valence-electron chi connectivity index (χ2n) is 5.73. The van der Waals surface area contributed by atoms with Crippen molar-refractivity contribution in [3.63, 3.8) is 0 Å². The fourth-order valence-electron chi connectivity index (χ4n) is 2.64. The summed E-state index contributed by atoms with van der Waals surface area (Å²) in [6, 6.07) is 7.84. The SMILES string of the molecule is CCCCN1C(=O)/C(=C\c2ccc(C)cc2)C(C(=O)OC)=C1C. The van der Waals surface area contributed by atoms with Crippen LogP contribution in [0, 0.1) is 6.92 Å². The highest BCUT2D eigenvalue weighted by atomic mass is 16.5. The molecule has 1 aliphatic rings. The van der Waals surface area contributed by atoms with E-state index in [0.717, 1.165) is 24.0 Å². The van der Waals surface area contributed by atoms with Gasteiger partial charge >= 0.3 is 5.97 Å². The zero-order valence-corrected chi connectivity index (χ0v) is 14.2. The number of hydrogen-bond acceptors (Lipinski definition) is 3. The largest absolute Gasteiger partial charge is 0.465 e. The Balaban J connectivity index is 2.45. The zero-order valence-electron chi connectivity index (χ0n) is 14.2. The molecule has 1 amide bonds. The van der Waals surface area contributed by atoms with Gasteiger partial charge in [0.1, 0.15) is 0 Å². The third kappa shape index (κ3) is 3.52. The van der Waals surface area contributed by atoms with Crippen molar-refractivity contribution < 1.29 is 14.3 Å². The lowest BCUT2D eigenvalue weighted by molar-refractivity contribution is -0.136. The molecular formula is C19H23NO3. The van der Waals surface area contributed by atoms with E-state index in [1.165, 1.54) is 7.11 Å². The van der Waals surface area contributed by atoms with E-state index in [-0.39, 0.29) is 5.91 Å². The van der Waals surface area contributed by atoms with E-state index in [0.29, 0.717) is 23.4 Å². The summed E-state index contributed by atoms with van der Waals surface area (Å²) >= 11 is 0. The standard InChI is InChI=1S/C19H23NO3/c1-5-6-11-20-14(3)17(19(22)23-4)16(18(20)21)12-15-9-7-13(2)8-10-15/h7-10,12H,5-6,11H2,1-4H3/b16-12-. The Bertz CT molecular complexity index is 668. The molecule has 4 nitrogen and oxygen atoms in total. The summed E-state index contributed by atoms with van der Waals surface area (Å²) < 4.78 is 4.88. The van der Waals surface area contributed by atoms with Gasteiger partial charge in [-0.25, -0.2) is 4.79 Å². The highest BCUT2D eigenvalue weighted by Gasteiger charge is 2.36. The van der Waals surface area contributed by atoms with Crippen molar-refractivity contribution in [2.24, 2.45) is 0 Å². The van der Waals surface area contributed by atoms with Crippen LogP contribution in [0.3, 0.4) is 0 Å². The van der Waals surface area contributed by atoms with Crippen LogP contribution in [-0.2, 0) is 14.3 Å². The van der Waals surface area contributed by atoms with Gasteiger partial charge in [-0.3, -0.25) is 4.79 Å². The number of hydrogen-bond donors (Lipinski definition) is 0. The molecular weight excluding hydrogens is 290 g/mol. The molecule has 1 aliphatic heterocycles. The van der Waals surface area contributed by atoms with Crippen molar-refractivity contribution in [1.29, 1.82) is 0 Å². The first-order valence-electron chi connectivity index (χ1n) is 7.89. The Morgan fingerprint density at radius 1 is 1.22 bits per heavy atom. The third-order valence-electron chi connectivity index (χ3n) is 4.02. The Kier molecular flexibility index (Phi) is 5.37. The second-order valence-corrected chi connectivity index (χ2v) is 5.73. The zero-order chi connectivity index (χ0) is 17.0. The average molecular weight is 313 g/mol. The lowest BCUT2D eigenvalue weighted by Crippen LogP contribution is -2.26. The minimum Gasteiger partial charge on any atom is -0.465 e. The van der Waals surface area contributed by atoms with Gasteiger partial charge in [0.25, 0.3) is 5.91 Å². The van der Waals surface area contributed by atoms with Crippen LogP contribution in [-0.4, -0.2) is 30.4 Å². The Labute approximate surface area is 137 Å². The number of benzene rings is 1. The van der Waals surface area contributed by atoms with Gasteiger partial charge in [0.15, 0.2) is 0 Å². The molecule has 0 radical (unpaired) electrons. The van der Waals surface area contributed by atoms with E-state index >= 15 is 0 Å². The predicted molar refractivity (Wildman–Crippen MR) is 90.5 cm³/mol. The third-order valence-corrected chi connectivity index (χ3v) is 4.02. The van der Waals surface area contributed by atoms with Gasteiger partial charge in [0.2, 0.25) is 0 Å². The summed E-state index contributed by atoms with van der Waals surface area (Å²) in [6.07, 6.45) is 3.65. The van der Waals surface area contributed by atoms with Gasteiger partial charge in [-0.2, -0.15) is 0 Å². The molecule has 122 valence electrons. The van der Waals surface area contributed by atoms with Gasteiger partial charge in [0.05, 0.1) is 18.3 Å². The molecule has 0 spiro atoms. The van der Waals surface area contributed by atoms with Crippen LogP contribution in [0.25, 0.3) is 6.08 Å². The number of unbranched alkanes of at least 4 members (excludes halogenated alkanes) is 1. The van der Waals surface area contributed by atoms with Crippen molar-refractivity contribution in [3.8, 4) is 0 Å². The molecule has 1 aromatic carbocycles.